The van der Waals surface area contributed by atoms with Gasteiger partial charge in [0, 0.05) is 44.8 Å². The number of hydrogen-bond acceptors (Lipinski definition) is 3. The van der Waals surface area contributed by atoms with Crippen molar-refractivity contribution in [3.05, 3.63) is 29.3 Å². The van der Waals surface area contributed by atoms with Crippen molar-refractivity contribution in [1.82, 2.24) is 9.80 Å². The molecule has 0 aliphatic carbocycles. The Bertz CT molecular complexity index is 564. The van der Waals surface area contributed by atoms with Crippen LogP contribution in [0.3, 0.4) is 0 Å². The number of benzene rings is 1. The molecule has 5 heteroatoms. The highest BCUT2D eigenvalue weighted by Gasteiger charge is 2.20. The Labute approximate surface area is 151 Å². The third-order valence-corrected chi connectivity index (χ3v) is 4.83. The van der Waals surface area contributed by atoms with Crippen molar-refractivity contribution < 1.29 is 9.59 Å². The number of nitrogens with zero attached hydrogens (tertiary/aromatic N) is 2. The second-order valence-electron chi connectivity index (χ2n) is 7.32. The van der Waals surface area contributed by atoms with Gasteiger partial charge in [0.1, 0.15) is 0 Å². The quantitative estimate of drug-likeness (QED) is 0.773. The molecule has 1 fully saturated rings. The Morgan fingerprint density at radius 1 is 1.08 bits per heavy atom. The van der Waals surface area contributed by atoms with E-state index in [1.807, 2.05) is 4.90 Å². The maximum Gasteiger partial charge on any atom is 0.224 e. The van der Waals surface area contributed by atoms with Crippen LogP contribution in [0.25, 0.3) is 0 Å². The van der Waals surface area contributed by atoms with Crippen LogP contribution in [0, 0.1) is 0 Å². The number of hydrogen-bond donors (Lipinski definition) is 1. The number of anilines is 1. The minimum Gasteiger partial charge on any atom is -0.384 e. The number of amides is 2. The highest BCUT2D eigenvalue weighted by atomic mass is 16.2. The van der Waals surface area contributed by atoms with Crippen LogP contribution in [0.5, 0.6) is 0 Å². The topological polar surface area (TPSA) is 52.7 Å². The molecule has 0 unspecified atom stereocenters. The molecule has 1 aliphatic heterocycles. The van der Waals surface area contributed by atoms with Gasteiger partial charge in [0.25, 0.3) is 0 Å². The maximum absolute atomic E-state index is 12.4. The molecule has 0 atom stereocenters. The minimum atomic E-state index is 0.158. The summed E-state index contributed by atoms with van der Waals surface area (Å²) in [6.45, 7) is 12.0. The molecule has 1 N–H and O–H groups in total. The van der Waals surface area contributed by atoms with Gasteiger partial charge >= 0.3 is 0 Å². The standard InChI is InChI=1S/C20H31N3O2/c1-15(2)17-6-5-7-18(16(3)4)20(17)21-9-8-19(25)23-12-10-22(14-24)11-13-23/h5-7,14-16,21H,8-13H2,1-4H3. The molecule has 0 aromatic heterocycles. The molecule has 0 saturated carbocycles. The zero-order valence-corrected chi connectivity index (χ0v) is 15.9. The summed E-state index contributed by atoms with van der Waals surface area (Å²) < 4.78 is 0. The van der Waals surface area contributed by atoms with Crippen molar-refractivity contribution in [2.75, 3.05) is 38.0 Å². The molecular weight excluding hydrogens is 314 g/mol. The SMILES string of the molecule is CC(C)c1cccc(C(C)C)c1NCCC(=O)N1CCN(C=O)CC1. The van der Waals surface area contributed by atoms with Gasteiger partial charge in [-0.05, 0) is 23.0 Å². The number of para-hydroxylation sites is 1. The lowest BCUT2D eigenvalue weighted by Crippen LogP contribution is -2.48. The monoisotopic (exact) mass is 345 g/mol. The van der Waals surface area contributed by atoms with Crippen molar-refractivity contribution in [2.45, 2.75) is 46.0 Å². The first-order valence-corrected chi connectivity index (χ1v) is 9.27. The maximum atomic E-state index is 12.4. The zero-order chi connectivity index (χ0) is 18.4. The lowest BCUT2D eigenvalue weighted by atomic mass is 9.92. The lowest BCUT2D eigenvalue weighted by Gasteiger charge is -2.32. The molecule has 1 aromatic rings. The third-order valence-electron chi connectivity index (χ3n) is 4.83. The van der Waals surface area contributed by atoms with Crippen LogP contribution in [-0.2, 0) is 9.59 Å². The van der Waals surface area contributed by atoms with E-state index in [2.05, 4.69) is 51.2 Å². The van der Waals surface area contributed by atoms with Crippen molar-refractivity contribution in [3.8, 4) is 0 Å². The lowest BCUT2D eigenvalue weighted by molar-refractivity contribution is -0.134. The fraction of sp³-hybridized carbons (Fsp3) is 0.600. The average molecular weight is 345 g/mol. The Balaban J connectivity index is 1.95. The predicted octanol–water partition coefficient (Wildman–Crippen LogP) is 3.04. The smallest absolute Gasteiger partial charge is 0.224 e. The van der Waals surface area contributed by atoms with Crippen molar-refractivity contribution in [3.63, 3.8) is 0 Å². The van der Waals surface area contributed by atoms with Crippen LogP contribution >= 0.6 is 0 Å². The summed E-state index contributed by atoms with van der Waals surface area (Å²) >= 11 is 0. The van der Waals surface area contributed by atoms with E-state index in [0.717, 1.165) is 6.41 Å². The molecule has 0 spiro atoms. The van der Waals surface area contributed by atoms with Crippen molar-refractivity contribution in [2.24, 2.45) is 0 Å². The van der Waals surface area contributed by atoms with Gasteiger partial charge in [0.15, 0.2) is 0 Å². The van der Waals surface area contributed by atoms with E-state index in [1.54, 1.807) is 4.90 Å². The van der Waals surface area contributed by atoms with Crippen molar-refractivity contribution in [1.29, 1.82) is 0 Å². The van der Waals surface area contributed by atoms with Crippen LogP contribution in [-0.4, -0.2) is 54.8 Å². The molecule has 1 aromatic carbocycles. The summed E-state index contributed by atoms with van der Waals surface area (Å²) in [6, 6.07) is 6.45. The molecule has 2 rings (SSSR count). The highest BCUT2D eigenvalue weighted by molar-refractivity contribution is 5.77. The number of piperazine rings is 1. The molecule has 1 aliphatic rings. The van der Waals surface area contributed by atoms with Gasteiger partial charge in [0.05, 0.1) is 0 Å². The van der Waals surface area contributed by atoms with Crippen LogP contribution in [0.4, 0.5) is 5.69 Å². The van der Waals surface area contributed by atoms with E-state index < -0.39 is 0 Å². The van der Waals surface area contributed by atoms with Crippen LogP contribution in [0.15, 0.2) is 18.2 Å². The Hall–Kier alpha value is -2.04. The first kappa shape index (κ1) is 19.3. The van der Waals surface area contributed by atoms with Gasteiger partial charge in [-0.3, -0.25) is 9.59 Å². The molecule has 0 radical (unpaired) electrons. The molecule has 25 heavy (non-hydrogen) atoms. The molecule has 5 nitrogen and oxygen atoms in total. The fourth-order valence-electron chi connectivity index (χ4n) is 3.28. The predicted molar refractivity (Wildman–Crippen MR) is 102 cm³/mol. The highest BCUT2D eigenvalue weighted by Crippen LogP contribution is 2.32. The summed E-state index contributed by atoms with van der Waals surface area (Å²) in [5.74, 6) is 1.04. The Kier molecular flexibility index (Phi) is 6.85. The molecule has 1 heterocycles. The van der Waals surface area contributed by atoms with Gasteiger partial charge in [-0.2, -0.15) is 0 Å². The molecule has 0 bridgehead atoms. The summed E-state index contributed by atoms with van der Waals surface area (Å²) in [5.41, 5.74) is 3.79. The number of rotatable bonds is 7. The van der Waals surface area contributed by atoms with Gasteiger partial charge in [-0.25, -0.2) is 0 Å². The fourth-order valence-corrected chi connectivity index (χ4v) is 3.28. The first-order valence-electron chi connectivity index (χ1n) is 9.27. The van der Waals surface area contributed by atoms with Gasteiger partial charge in [-0.15, -0.1) is 0 Å². The third kappa shape index (κ3) is 4.97. The minimum absolute atomic E-state index is 0.158. The van der Waals surface area contributed by atoms with E-state index in [4.69, 9.17) is 0 Å². The van der Waals surface area contributed by atoms with E-state index in [9.17, 15) is 9.59 Å². The zero-order valence-electron chi connectivity index (χ0n) is 15.9. The van der Waals surface area contributed by atoms with Gasteiger partial charge in [-0.1, -0.05) is 45.9 Å². The average Bonchev–Trinajstić information content (AvgIpc) is 2.61. The Morgan fingerprint density at radius 3 is 2.12 bits per heavy atom. The first-order chi connectivity index (χ1) is 11.9. The summed E-state index contributed by atoms with van der Waals surface area (Å²) in [7, 11) is 0. The molecule has 2 amide bonds. The second-order valence-corrected chi connectivity index (χ2v) is 7.32. The normalized spacial score (nSPS) is 15.0. The Morgan fingerprint density at radius 2 is 1.64 bits per heavy atom. The van der Waals surface area contributed by atoms with Gasteiger partial charge in [0.2, 0.25) is 12.3 Å². The van der Waals surface area contributed by atoms with Gasteiger partial charge < -0.3 is 15.1 Å². The van der Waals surface area contributed by atoms with E-state index in [1.165, 1.54) is 16.8 Å². The van der Waals surface area contributed by atoms with E-state index >= 15 is 0 Å². The van der Waals surface area contributed by atoms with Crippen LogP contribution in [0.2, 0.25) is 0 Å². The summed E-state index contributed by atoms with van der Waals surface area (Å²) in [4.78, 5) is 26.7. The number of carbonyl (C=O) groups is 2. The molecule has 138 valence electrons. The largest absolute Gasteiger partial charge is 0.384 e. The molecular formula is C20H31N3O2. The number of carbonyl (C=O) groups excluding carboxylic acids is 2. The van der Waals surface area contributed by atoms with Crippen LogP contribution in [0.1, 0.15) is 57.1 Å². The molecule has 1 saturated heterocycles. The van der Waals surface area contributed by atoms with E-state index in [0.29, 0.717) is 51.0 Å². The summed E-state index contributed by atoms with van der Waals surface area (Å²) in [6.07, 6.45) is 1.34. The van der Waals surface area contributed by atoms with Crippen molar-refractivity contribution >= 4 is 18.0 Å². The summed E-state index contributed by atoms with van der Waals surface area (Å²) in [5, 5.41) is 3.52. The second kappa shape index (κ2) is 8.88. The number of nitrogens with one attached hydrogen (secondary N) is 1. The van der Waals surface area contributed by atoms with Crippen LogP contribution < -0.4 is 5.32 Å². The van der Waals surface area contributed by atoms with E-state index in [-0.39, 0.29) is 5.91 Å².